The Labute approximate surface area is 140 Å². The van der Waals surface area contributed by atoms with Crippen LogP contribution in [0.25, 0.3) is 0 Å². The van der Waals surface area contributed by atoms with Crippen molar-refractivity contribution in [3.63, 3.8) is 0 Å². The van der Waals surface area contributed by atoms with E-state index in [0.717, 1.165) is 12.4 Å². The van der Waals surface area contributed by atoms with Crippen LogP contribution in [-0.2, 0) is 9.31 Å². The van der Waals surface area contributed by atoms with Crippen molar-refractivity contribution in [2.45, 2.75) is 51.7 Å². The second-order valence-corrected chi connectivity index (χ2v) is 7.31. The molecule has 1 aliphatic heterocycles. The predicted molar refractivity (Wildman–Crippen MR) is 84.4 cm³/mol. The zero-order valence-corrected chi connectivity index (χ0v) is 14.3. The first-order chi connectivity index (χ1) is 11.2. The first-order valence-corrected chi connectivity index (χ1v) is 8.01. The van der Waals surface area contributed by atoms with Gasteiger partial charge < -0.3 is 14.0 Å². The summed E-state index contributed by atoms with van der Waals surface area (Å²) in [5, 5.41) is 0. The highest BCUT2D eigenvalue weighted by molar-refractivity contribution is 6.53. The molecule has 0 spiro atoms. The van der Waals surface area contributed by atoms with E-state index in [1.54, 1.807) is 0 Å². The van der Waals surface area contributed by atoms with Gasteiger partial charge in [-0.1, -0.05) is 0 Å². The van der Waals surface area contributed by atoms with Crippen molar-refractivity contribution in [2.24, 2.45) is 5.92 Å². The number of ether oxygens (including phenoxy) is 1. The lowest BCUT2D eigenvalue weighted by Gasteiger charge is -2.32. The number of rotatable bonds is 4. The summed E-state index contributed by atoms with van der Waals surface area (Å²) in [7, 11) is -0.938. The zero-order chi connectivity index (χ0) is 17.5. The molecule has 1 saturated carbocycles. The van der Waals surface area contributed by atoms with Gasteiger partial charge >= 0.3 is 13.1 Å². The van der Waals surface area contributed by atoms with Crippen LogP contribution in [0.4, 0.5) is 8.78 Å². The van der Waals surface area contributed by atoms with Crippen molar-refractivity contribution in [1.82, 2.24) is 9.97 Å². The first kappa shape index (κ1) is 17.3. The summed E-state index contributed by atoms with van der Waals surface area (Å²) >= 11 is 0. The molecule has 0 N–H and O–H groups in total. The molecule has 1 aromatic heterocycles. The monoisotopic (exact) mass is 338 g/mol. The van der Waals surface area contributed by atoms with Gasteiger partial charge in [0.2, 0.25) is 0 Å². The first-order valence-electron chi connectivity index (χ1n) is 8.01. The van der Waals surface area contributed by atoms with Gasteiger partial charge in [0.1, 0.15) is 5.73 Å². The Morgan fingerprint density at radius 3 is 2.29 bits per heavy atom. The van der Waals surface area contributed by atoms with Gasteiger partial charge in [0.15, 0.2) is 5.82 Å². The second kappa shape index (κ2) is 6.08. The predicted octanol–water partition coefficient (Wildman–Crippen LogP) is 3.26. The van der Waals surface area contributed by atoms with Gasteiger partial charge in [-0.25, -0.2) is 18.7 Å². The van der Waals surface area contributed by atoms with E-state index < -0.39 is 24.1 Å². The Morgan fingerprint density at radius 1 is 1.21 bits per heavy atom. The molecule has 1 saturated heterocycles. The van der Waals surface area contributed by atoms with Crippen LogP contribution < -0.4 is 4.74 Å². The van der Waals surface area contributed by atoms with E-state index in [-0.39, 0.29) is 17.7 Å². The lowest BCUT2D eigenvalue weighted by Crippen LogP contribution is -2.41. The van der Waals surface area contributed by atoms with E-state index in [4.69, 9.17) is 14.0 Å². The zero-order valence-electron chi connectivity index (χ0n) is 14.3. The van der Waals surface area contributed by atoms with Crippen LogP contribution in [0.1, 0.15) is 40.5 Å². The summed E-state index contributed by atoms with van der Waals surface area (Å²) in [5.41, 5.74) is -0.742. The van der Waals surface area contributed by atoms with E-state index >= 15 is 0 Å². The molecule has 0 radical (unpaired) electrons. The molecule has 5 nitrogen and oxygen atoms in total. The van der Waals surface area contributed by atoms with E-state index in [9.17, 15) is 8.78 Å². The van der Waals surface area contributed by atoms with Crippen LogP contribution in [0.5, 0.6) is 6.01 Å². The lowest BCUT2D eigenvalue weighted by atomic mass is 9.73. The van der Waals surface area contributed by atoms with Gasteiger partial charge in [-0.05, 0) is 46.1 Å². The number of aromatic nitrogens is 2. The Hall–Kier alpha value is -1.54. The third kappa shape index (κ3) is 3.30. The third-order valence-corrected chi connectivity index (χ3v) is 4.91. The highest BCUT2D eigenvalue weighted by Crippen LogP contribution is 2.43. The fourth-order valence-corrected chi connectivity index (χ4v) is 2.63. The molecular weight excluding hydrogens is 317 g/mol. The summed E-state index contributed by atoms with van der Waals surface area (Å²) in [5.74, 6) is -0.331. The summed E-state index contributed by atoms with van der Waals surface area (Å²) < 4.78 is 44.1. The highest BCUT2D eigenvalue weighted by Gasteiger charge is 2.54. The Balaban J connectivity index is 1.52. The van der Waals surface area contributed by atoms with E-state index in [1.807, 2.05) is 27.7 Å². The molecule has 24 heavy (non-hydrogen) atoms. The van der Waals surface area contributed by atoms with Gasteiger partial charge in [-0.15, -0.1) is 0 Å². The summed E-state index contributed by atoms with van der Waals surface area (Å²) in [6.07, 6.45) is 3.26. The molecule has 130 valence electrons. The molecule has 0 unspecified atom stereocenters. The largest absolute Gasteiger partial charge is 0.525 e. The molecule has 0 atom stereocenters. The normalized spacial score (nSPS) is 24.7. The number of allylic oxidation sites excluding steroid dienone is 1. The van der Waals surface area contributed by atoms with Gasteiger partial charge in [-0.3, -0.25) is 0 Å². The van der Waals surface area contributed by atoms with Crippen molar-refractivity contribution >= 4 is 7.12 Å². The number of hydrogen-bond acceptors (Lipinski definition) is 5. The van der Waals surface area contributed by atoms with Crippen molar-refractivity contribution in [3.05, 3.63) is 29.5 Å². The van der Waals surface area contributed by atoms with Crippen molar-refractivity contribution in [3.8, 4) is 6.01 Å². The minimum atomic E-state index is -0.938. The minimum absolute atomic E-state index is 0.125. The van der Waals surface area contributed by atoms with Crippen molar-refractivity contribution < 1.29 is 22.8 Å². The molecule has 1 aliphatic carbocycles. The summed E-state index contributed by atoms with van der Waals surface area (Å²) in [4.78, 5) is 7.45. The number of halogens is 2. The Kier molecular flexibility index (Phi) is 4.38. The molecular formula is C16H21BF2N2O3. The number of nitrogens with zero attached hydrogens (tertiary/aromatic N) is 2. The maximum absolute atomic E-state index is 14.5. The average molecular weight is 338 g/mol. The minimum Gasteiger partial charge on any atom is -0.463 e. The van der Waals surface area contributed by atoms with Crippen molar-refractivity contribution in [2.75, 3.05) is 6.61 Å². The molecule has 3 rings (SSSR count). The van der Waals surface area contributed by atoms with Gasteiger partial charge in [-0.2, -0.15) is 0 Å². The van der Waals surface area contributed by atoms with Crippen LogP contribution >= 0.6 is 0 Å². The van der Waals surface area contributed by atoms with E-state index in [1.165, 1.54) is 0 Å². The SMILES string of the molecule is CC1(C)OB(C(F)=C2CC(COc3ncc(F)cn3)C2)OC1(C)C. The van der Waals surface area contributed by atoms with Crippen molar-refractivity contribution in [1.29, 1.82) is 0 Å². The molecule has 2 fully saturated rings. The highest BCUT2D eigenvalue weighted by atomic mass is 19.1. The van der Waals surface area contributed by atoms with Crippen LogP contribution in [0.3, 0.4) is 0 Å². The molecule has 0 amide bonds. The summed E-state index contributed by atoms with van der Waals surface area (Å²) in [6.45, 7) is 7.94. The van der Waals surface area contributed by atoms with Gasteiger partial charge in [0.25, 0.3) is 0 Å². The van der Waals surface area contributed by atoms with E-state index in [2.05, 4.69) is 9.97 Å². The number of hydrogen-bond donors (Lipinski definition) is 0. The van der Waals surface area contributed by atoms with Gasteiger partial charge in [0.05, 0.1) is 30.2 Å². The molecule has 1 aromatic rings. The maximum atomic E-state index is 14.5. The maximum Gasteiger partial charge on any atom is 0.525 e. The quantitative estimate of drug-likeness (QED) is 0.789. The smallest absolute Gasteiger partial charge is 0.463 e. The van der Waals surface area contributed by atoms with Crippen LogP contribution in [-0.4, -0.2) is 34.9 Å². The Morgan fingerprint density at radius 2 is 1.75 bits per heavy atom. The van der Waals surface area contributed by atoms with E-state index in [0.29, 0.717) is 25.0 Å². The fourth-order valence-electron chi connectivity index (χ4n) is 2.63. The molecule has 0 bridgehead atoms. The topological polar surface area (TPSA) is 53.5 Å². The lowest BCUT2D eigenvalue weighted by molar-refractivity contribution is 0.00578. The molecule has 2 aliphatic rings. The van der Waals surface area contributed by atoms with Crippen LogP contribution in [0.15, 0.2) is 23.7 Å². The Bertz CT molecular complexity index is 625. The fraction of sp³-hybridized carbons (Fsp3) is 0.625. The van der Waals surface area contributed by atoms with Crippen LogP contribution in [0, 0.1) is 11.7 Å². The van der Waals surface area contributed by atoms with Gasteiger partial charge in [0, 0.05) is 5.92 Å². The third-order valence-electron chi connectivity index (χ3n) is 4.91. The standard InChI is InChI=1S/C16H21BF2N2O3/c1-15(2)16(3,4)24-17(23-15)13(19)11-5-10(6-11)9-22-14-20-7-12(18)8-21-14/h7-8,10H,5-6,9H2,1-4H3. The second-order valence-electron chi connectivity index (χ2n) is 7.31. The van der Waals surface area contributed by atoms with Crippen LogP contribution in [0.2, 0.25) is 0 Å². The molecule has 8 heteroatoms. The molecule has 2 heterocycles. The summed E-state index contributed by atoms with van der Waals surface area (Å²) in [6, 6.07) is 0.125. The molecule has 0 aromatic carbocycles. The average Bonchev–Trinajstić information content (AvgIpc) is 2.67.